The molecule has 0 spiro atoms. The molecular weight excluding hydrogens is 416 g/mol. The highest BCUT2D eigenvalue weighted by Crippen LogP contribution is 2.20. The zero-order chi connectivity index (χ0) is 22.0. The molecule has 1 amide bonds. The van der Waals surface area contributed by atoms with Crippen molar-refractivity contribution in [2.75, 3.05) is 16.8 Å². The van der Waals surface area contributed by atoms with Gasteiger partial charge in [-0.1, -0.05) is 42.5 Å². The SMILES string of the molecule is O=C(NCc1cccnc1)C(CSCCCc1c[nH]c2ccccc12)Nc1ccccc1. The lowest BCUT2D eigenvalue weighted by molar-refractivity contribution is -0.121. The van der Waals surface area contributed by atoms with Gasteiger partial charge in [-0.05, 0) is 54.0 Å². The molecule has 0 bridgehead atoms. The number of aromatic amines is 1. The fourth-order valence-corrected chi connectivity index (χ4v) is 4.62. The number of hydrogen-bond acceptors (Lipinski definition) is 4. The molecule has 3 N–H and O–H groups in total. The average molecular weight is 445 g/mol. The monoisotopic (exact) mass is 444 g/mol. The molecule has 1 atom stereocenters. The number of benzene rings is 2. The van der Waals surface area contributed by atoms with Crippen LogP contribution >= 0.6 is 11.8 Å². The van der Waals surface area contributed by atoms with Crippen LogP contribution in [0.1, 0.15) is 17.5 Å². The summed E-state index contributed by atoms with van der Waals surface area (Å²) in [5.41, 5.74) is 4.49. The molecule has 0 saturated heterocycles. The molecule has 4 rings (SSSR count). The molecule has 2 aromatic carbocycles. The van der Waals surface area contributed by atoms with Crippen molar-refractivity contribution in [3.8, 4) is 0 Å². The number of H-pyrrole nitrogens is 1. The first-order valence-corrected chi connectivity index (χ1v) is 12.1. The zero-order valence-corrected chi connectivity index (χ0v) is 18.8. The van der Waals surface area contributed by atoms with Gasteiger partial charge in [0.05, 0.1) is 0 Å². The predicted octanol–water partition coefficient (Wildman–Crippen LogP) is 5.03. The molecule has 2 aromatic heterocycles. The number of thioether (sulfide) groups is 1. The highest BCUT2D eigenvalue weighted by atomic mass is 32.2. The normalized spacial score (nSPS) is 11.9. The van der Waals surface area contributed by atoms with Crippen LogP contribution in [0.2, 0.25) is 0 Å². The van der Waals surface area contributed by atoms with Crippen molar-refractivity contribution in [2.24, 2.45) is 0 Å². The van der Waals surface area contributed by atoms with Crippen LogP contribution in [0.3, 0.4) is 0 Å². The maximum atomic E-state index is 12.9. The van der Waals surface area contributed by atoms with Crippen LogP contribution in [0, 0.1) is 0 Å². The number of fused-ring (bicyclic) bond motifs is 1. The first-order chi connectivity index (χ1) is 15.8. The first kappa shape index (κ1) is 22.0. The van der Waals surface area contributed by atoms with E-state index in [9.17, 15) is 4.79 Å². The van der Waals surface area contributed by atoms with Gasteiger partial charge in [0.25, 0.3) is 0 Å². The van der Waals surface area contributed by atoms with Gasteiger partial charge in [-0.25, -0.2) is 0 Å². The van der Waals surface area contributed by atoms with Crippen molar-refractivity contribution < 1.29 is 4.79 Å². The van der Waals surface area contributed by atoms with E-state index in [1.165, 1.54) is 16.5 Å². The summed E-state index contributed by atoms with van der Waals surface area (Å²) in [4.78, 5) is 20.4. The van der Waals surface area contributed by atoms with E-state index in [2.05, 4.69) is 51.1 Å². The Morgan fingerprint density at radius 3 is 2.72 bits per heavy atom. The largest absolute Gasteiger partial charge is 0.373 e. The summed E-state index contributed by atoms with van der Waals surface area (Å²) >= 11 is 1.81. The fraction of sp³-hybridized carbons (Fsp3) is 0.231. The number of hydrogen-bond donors (Lipinski definition) is 3. The lowest BCUT2D eigenvalue weighted by Crippen LogP contribution is -2.41. The molecule has 32 heavy (non-hydrogen) atoms. The van der Waals surface area contributed by atoms with Crippen molar-refractivity contribution in [3.05, 3.63) is 96.4 Å². The smallest absolute Gasteiger partial charge is 0.243 e. The Morgan fingerprint density at radius 1 is 1.03 bits per heavy atom. The van der Waals surface area contributed by atoms with Gasteiger partial charge in [-0.2, -0.15) is 11.8 Å². The molecule has 0 radical (unpaired) electrons. The summed E-state index contributed by atoms with van der Waals surface area (Å²) in [6.07, 6.45) is 7.72. The van der Waals surface area contributed by atoms with Crippen molar-refractivity contribution in [2.45, 2.75) is 25.4 Å². The van der Waals surface area contributed by atoms with Gasteiger partial charge in [0.1, 0.15) is 6.04 Å². The van der Waals surface area contributed by atoms with Gasteiger partial charge in [0, 0.05) is 47.5 Å². The number of para-hydroxylation sites is 2. The van der Waals surface area contributed by atoms with Gasteiger partial charge in [0.15, 0.2) is 0 Å². The lowest BCUT2D eigenvalue weighted by Gasteiger charge is -2.19. The number of aryl methyl sites for hydroxylation is 1. The van der Waals surface area contributed by atoms with Crippen molar-refractivity contribution in [3.63, 3.8) is 0 Å². The standard InChI is InChI=1S/C26H28N4OS/c31-26(29-17-20-8-6-14-27-16-20)25(30-22-10-2-1-3-11-22)19-32-15-7-9-21-18-28-24-13-5-4-12-23(21)24/h1-6,8,10-14,16,18,25,28,30H,7,9,15,17,19H2,(H,29,31). The van der Waals surface area contributed by atoms with Gasteiger partial charge in [-0.3, -0.25) is 9.78 Å². The van der Waals surface area contributed by atoms with Crippen molar-refractivity contribution in [1.82, 2.24) is 15.3 Å². The van der Waals surface area contributed by atoms with Crippen molar-refractivity contribution >= 4 is 34.3 Å². The van der Waals surface area contributed by atoms with Crippen LogP contribution < -0.4 is 10.6 Å². The van der Waals surface area contributed by atoms with Crippen molar-refractivity contribution in [1.29, 1.82) is 0 Å². The Labute approximate surface area is 193 Å². The number of carbonyl (C=O) groups is 1. The summed E-state index contributed by atoms with van der Waals surface area (Å²) in [5.74, 6) is 1.71. The number of amides is 1. The van der Waals surface area contributed by atoms with E-state index in [1.54, 1.807) is 12.4 Å². The molecule has 4 aromatic rings. The van der Waals surface area contributed by atoms with E-state index >= 15 is 0 Å². The number of aromatic nitrogens is 2. The van der Waals surface area contributed by atoms with Crippen LogP contribution in [-0.2, 0) is 17.8 Å². The number of carbonyl (C=O) groups excluding carboxylic acids is 1. The minimum Gasteiger partial charge on any atom is -0.373 e. The summed E-state index contributed by atoms with van der Waals surface area (Å²) in [5, 5.41) is 7.74. The maximum absolute atomic E-state index is 12.9. The second-order valence-electron chi connectivity index (χ2n) is 7.68. The molecule has 2 heterocycles. The Hall–Kier alpha value is -3.25. The van der Waals surface area contributed by atoms with E-state index in [0.717, 1.165) is 29.8 Å². The number of anilines is 1. The number of rotatable bonds is 11. The minimum absolute atomic E-state index is 0.00170. The zero-order valence-electron chi connectivity index (χ0n) is 18.0. The van der Waals surface area contributed by atoms with Crippen LogP contribution in [0.25, 0.3) is 10.9 Å². The Kier molecular flexibility index (Phi) is 7.82. The van der Waals surface area contributed by atoms with E-state index in [-0.39, 0.29) is 11.9 Å². The van der Waals surface area contributed by atoms with Gasteiger partial charge in [-0.15, -0.1) is 0 Å². The molecular formula is C26H28N4OS. The van der Waals surface area contributed by atoms with Gasteiger partial charge in [0.2, 0.25) is 5.91 Å². The third-order valence-corrected chi connectivity index (χ3v) is 6.46. The average Bonchev–Trinajstić information content (AvgIpc) is 3.26. The molecule has 0 aliphatic carbocycles. The van der Waals surface area contributed by atoms with Crippen LogP contribution in [0.5, 0.6) is 0 Å². The van der Waals surface area contributed by atoms with Crippen LogP contribution in [0.15, 0.2) is 85.3 Å². The van der Waals surface area contributed by atoms with E-state index in [1.807, 2.05) is 54.2 Å². The Balaban J connectivity index is 1.28. The van der Waals surface area contributed by atoms with E-state index < -0.39 is 0 Å². The topological polar surface area (TPSA) is 69.8 Å². The lowest BCUT2D eigenvalue weighted by atomic mass is 10.1. The van der Waals surface area contributed by atoms with E-state index in [0.29, 0.717) is 12.3 Å². The van der Waals surface area contributed by atoms with Crippen LogP contribution in [0.4, 0.5) is 5.69 Å². The number of nitrogens with zero attached hydrogens (tertiary/aromatic N) is 1. The summed E-state index contributed by atoms with van der Waals surface area (Å²) in [6.45, 7) is 0.477. The Bertz CT molecular complexity index is 1110. The van der Waals surface area contributed by atoms with E-state index in [4.69, 9.17) is 0 Å². The molecule has 6 heteroatoms. The second kappa shape index (κ2) is 11.4. The predicted molar refractivity (Wildman–Crippen MR) is 134 cm³/mol. The third kappa shape index (κ3) is 6.14. The van der Waals surface area contributed by atoms with Crippen LogP contribution in [-0.4, -0.2) is 33.4 Å². The highest BCUT2D eigenvalue weighted by molar-refractivity contribution is 7.99. The quantitative estimate of drug-likeness (QED) is 0.284. The number of nitrogens with one attached hydrogen (secondary N) is 3. The molecule has 1 unspecified atom stereocenters. The minimum atomic E-state index is -0.299. The fourth-order valence-electron chi connectivity index (χ4n) is 3.64. The summed E-state index contributed by atoms with van der Waals surface area (Å²) in [6, 6.07) is 21.9. The van der Waals surface area contributed by atoms with Gasteiger partial charge < -0.3 is 15.6 Å². The molecule has 0 aliphatic heterocycles. The summed E-state index contributed by atoms with van der Waals surface area (Å²) < 4.78 is 0. The van der Waals surface area contributed by atoms with Gasteiger partial charge >= 0.3 is 0 Å². The molecule has 5 nitrogen and oxygen atoms in total. The highest BCUT2D eigenvalue weighted by Gasteiger charge is 2.18. The third-order valence-electron chi connectivity index (χ3n) is 5.31. The number of pyridine rings is 1. The molecule has 0 aliphatic rings. The summed E-state index contributed by atoms with van der Waals surface area (Å²) in [7, 11) is 0. The molecule has 164 valence electrons. The Morgan fingerprint density at radius 2 is 1.88 bits per heavy atom. The molecule has 0 saturated carbocycles. The second-order valence-corrected chi connectivity index (χ2v) is 8.83. The molecule has 0 fully saturated rings. The first-order valence-electron chi connectivity index (χ1n) is 10.9. The maximum Gasteiger partial charge on any atom is 0.243 e.